The van der Waals surface area contributed by atoms with Gasteiger partial charge in [-0.1, -0.05) is 25.1 Å². The van der Waals surface area contributed by atoms with E-state index in [0.717, 1.165) is 12.8 Å². The molecule has 2 aromatic rings. The van der Waals surface area contributed by atoms with Gasteiger partial charge in [-0.15, -0.1) is 0 Å². The van der Waals surface area contributed by atoms with Crippen molar-refractivity contribution in [1.82, 2.24) is 4.31 Å². The first-order valence-electron chi connectivity index (χ1n) is 8.43. The fourth-order valence-electron chi connectivity index (χ4n) is 3.02. The number of rotatable bonds is 4. The van der Waals surface area contributed by atoms with E-state index in [9.17, 15) is 13.2 Å². The minimum absolute atomic E-state index is 0.234. The molecule has 1 heterocycles. The number of carbonyl (C=O) groups excluding carboxylic acids is 1. The van der Waals surface area contributed by atoms with Crippen LogP contribution in [0, 0.1) is 5.92 Å². The molecule has 1 aliphatic rings. The second kappa shape index (κ2) is 7.37. The summed E-state index contributed by atoms with van der Waals surface area (Å²) in [6.45, 7) is 3.18. The molecular formula is C19H22N2O3S. The summed E-state index contributed by atoms with van der Waals surface area (Å²) in [5.74, 6) is 0.112. The zero-order valence-corrected chi connectivity index (χ0v) is 15.0. The maximum atomic E-state index is 12.7. The van der Waals surface area contributed by atoms with E-state index in [4.69, 9.17) is 0 Å². The number of piperidine rings is 1. The topological polar surface area (TPSA) is 66.5 Å². The van der Waals surface area contributed by atoms with E-state index in [1.165, 1.54) is 12.1 Å². The Hall–Kier alpha value is -2.18. The Balaban J connectivity index is 1.74. The first-order valence-corrected chi connectivity index (χ1v) is 9.87. The lowest BCUT2D eigenvalue weighted by Crippen LogP contribution is -2.39. The average Bonchev–Trinajstić information content (AvgIpc) is 2.62. The summed E-state index contributed by atoms with van der Waals surface area (Å²) in [5.41, 5.74) is 1.13. The zero-order valence-electron chi connectivity index (χ0n) is 14.2. The molecule has 3 rings (SSSR count). The molecule has 0 spiro atoms. The monoisotopic (exact) mass is 358 g/mol. The zero-order chi connectivity index (χ0) is 17.9. The number of sulfonamides is 1. The van der Waals surface area contributed by atoms with Crippen LogP contribution in [0.5, 0.6) is 0 Å². The number of amides is 1. The van der Waals surface area contributed by atoms with Crippen molar-refractivity contribution >= 4 is 21.6 Å². The highest BCUT2D eigenvalue weighted by Crippen LogP contribution is 2.23. The maximum absolute atomic E-state index is 12.7. The number of hydrogen-bond acceptors (Lipinski definition) is 3. The molecule has 25 heavy (non-hydrogen) atoms. The van der Waals surface area contributed by atoms with Crippen LogP contribution in [0.3, 0.4) is 0 Å². The summed E-state index contributed by atoms with van der Waals surface area (Å²) in [6, 6.07) is 15.3. The predicted molar refractivity (Wildman–Crippen MR) is 98.0 cm³/mol. The Morgan fingerprint density at radius 3 is 2.40 bits per heavy atom. The van der Waals surface area contributed by atoms with Gasteiger partial charge in [-0.05, 0) is 55.2 Å². The van der Waals surface area contributed by atoms with Gasteiger partial charge in [-0.2, -0.15) is 4.31 Å². The van der Waals surface area contributed by atoms with Gasteiger partial charge in [0.1, 0.15) is 0 Å². The molecule has 5 nitrogen and oxygen atoms in total. The van der Waals surface area contributed by atoms with Crippen molar-refractivity contribution in [2.45, 2.75) is 24.7 Å². The van der Waals surface area contributed by atoms with E-state index in [2.05, 4.69) is 12.2 Å². The van der Waals surface area contributed by atoms with Crippen molar-refractivity contribution in [3.05, 3.63) is 60.2 Å². The van der Waals surface area contributed by atoms with Crippen LogP contribution >= 0.6 is 0 Å². The number of hydrogen-bond donors (Lipinski definition) is 1. The lowest BCUT2D eigenvalue weighted by atomic mass is 10.0. The Kier molecular flexibility index (Phi) is 5.20. The summed E-state index contributed by atoms with van der Waals surface area (Å²) in [5, 5.41) is 2.79. The predicted octanol–water partition coefficient (Wildman–Crippen LogP) is 3.36. The molecule has 1 saturated heterocycles. The van der Waals surface area contributed by atoms with Crippen molar-refractivity contribution in [1.29, 1.82) is 0 Å². The van der Waals surface area contributed by atoms with Gasteiger partial charge in [0.2, 0.25) is 10.0 Å². The number of carbonyl (C=O) groups is 1. The fraction of sp³-hybridized carbons (Fsp3) is 0.316. The summed E-state index contributed by atoms with van der Waals surface area (Å²) in [4.78, 5) is 12.5. The maximum Gasteiger partial charge on any atom is 0.255 e. The Bertz CT molecular complexity index is 833. The van der Waals surface area contributed by atoms with Crippen LogP contribution in [0.2, 0.25) is 0 Å². The van der Waals surface area contributed by atoms with Crippen LogP contribution in [0.15, 0.2) is 59.5 Å². The highest BCUT2D eigenvalue weighted by atomic mass is 32.2. The van der Waals surface area contributed by atoms with Gasteiger partial charge in [0.05, 0.1) is 4.90 Å². The van der Waals surface area contributed by atoms with Crippen molar-refractivity contribution in [3.63, 3.8) is 0 Å². The van der Waals surface area contributed by atoms with E-state index in [0.29, 0.717) is 30.3 Å². The molecule has 1 amide bonds. The van der Waals surface area contributed by atoms with Gasteiger partial charge in [0.15, 0.2) is 0 Å². The second-order valence-electron chi connectivity index (χ2n) is 6.45. The smallest absolute Gasteiger partial charge is 0.255 e. The lowest BCUT2D eigenvalue weighted by Gasteiger charge is -2.30. The minimum Gasteiger partial charge on any atom is -0.322 e. The number of nitrogens with zero attached hydrogens (tertiary/aromatic N) is 1. The second-order valence-corrected chi connectivity index (χ2v) is 8.39. The van der Waals surface area contributed by atoms with Crippen molar-refractivity contribution in [2.24, 2.45) is 5.92 Å². The first kappa shape index (κ1) is 17.6. The summed E-state index contributed by atoms with van der Waals surface area (Å²) in [6.07, 6.45) is 1.95. The van der Waals surface area contributed by atoms with Crippen LogP contribution < -0.4 is 5.32 Å². The van der Waals surface area contributed by atoms with Gasteiger partial charge >= 0.3 is 0 Å². The Labute approximate surface area is 148 Å². The lowest BCUT2D eigenvalue weighted by molar-refractivity contribution is 0.102. The summed E-state index contributed by atoms with van der Waals surface area (Å²) in [7, 11) is -3.49. The standard InChI is InChI=1S/C19H22N2O3S/c1-15-6-5-13-21(14-15)25(23,24)18-11-9-16(10-12-18)19(22)20-17-7-3-2-4-8-17/h2-4,7-12,15H,5-6,13-14H2,1H3,(H,20,22)/t15-/m0/s1. The van der Waals surface area contributed by atoms with E-state index in [-0.39, 0.29) is 10.8 Å². The van der Waals surface area contributed by atoms with Crippen LogP contribution in [0.4, 0.5) is 5.69 Å². The number of para-hydroxylation sites is 1. The van der Waals surface area contributed by atoms with Crippen LogP contribution in [0.25, 0.3) is 0 Å². The first-order chi connectivity index (χ1) is 12.0. The molecule has 0 radical (unpaired) electrons. The molecule has 0 saturated carbocycles. The minimum atomic E-state index is -3.49. The van der Waals surface area contributed by atoms with Crippen LogP contribution in [-0.4, -0.2) is 31.7 Å². The number of benzene rings is 2. The third-order valence-electron chi connectivity index (χ3n) is 4.41. The average molecular weight is 358 g/mol. The largest absolute Gasteiger partial charge is 0.322 e. The van der Waals surface area contributed by atoms with E-state index < -0.39 is 10.0 Å². The summed E-state index contributed by atoms with van der Waals surface area (Å²) >= 11 is 0. The fourth-order valence-corrected chi connectivity index (χ4v) is 4.62. The van der Waals surface area contributed by atoms with Crippen LogP contribution in [-0.2, 0) is 10.0 Å². The van der Waals surface area contributed by atoms with E-state index in [1.807, 2.05) is 18.2 Å². The molecule has 0 unspecified atom stereocenters. The van der Waals surface area contributed by atoms with E-state index >= 15 is 0 Å². The molecule has 6 heteroatoms. The van der Waals surface area contributed by atoms with E-state index in [1.54, 1.807) is 28.6 Å². The van der Waals surface area contributed by atoms with Gasteiger partial charge in [-0.25, -0.2) is 8.42 Å². The third kappa shape index (κ3) is 4.08. The van der Waals surface area contributed by atoms with Crippen molar-refractivity contribution < 1.29 is 13.2 Å². The molecule has 1 aliphatic heterocycles. The molecule has 0 bridgehead atoms. The molecular weight excluding hydrogens is 336 g/mol. The number of anilines is 1. The third-order valence-corrected chi connectivity index (χ3v) is 6.29. The molecule has 0 aromatic heterocycles. The van der Waals surface area contributed by atoms with Crippen molar-refractivity contribution in [2.75, 3.05) is 18.4 Å². The molecule has 2 aromatic carbocycles. The highest BCUT2D eigenvalue weighted by Gasteiger charge is 2.28. The van der Waals surface area contributed by atoms with Crippen LogP contribution in [0.1, 0.15) is 30.1 Å². The molecule has 1 fully saturated rings. The van der Waals surface area contributed by atoms with Crippen molar-refractivity contribution in [3.8, 4) is 0 Å². The Morgan fingerprint density at radius 2 is 1.76 bits per heavy atom. The molecule has 1 atom stereocenters. The molecule has 0 aliphatic carbocycles. The normalized spacial score (nSPS) is 18.7. The summed E-state index contributed by atoms with van der Waals surface area (Å²) < 4.78 is 27.0. The quantitative estimate of drug-likeness (QED) is 0.911. The van der Waals surface area contributed by atoms with Gasteiger partial charge < -0.3 is 5.32 Å². The highest BCUT2D eigenvalue weighted by molar-refractivity contribution is 7.89. The van der Waals surface area contributed by atoms with Gasteiger partial charge in [0, 0.05) is 24.3 Å². The number of nitrogens with one attached hydrogen (secondary N) is 1. The Morgan fingerprint density at radius 1 is 1.08 bits per heavy atom. The SMILES string of the molecule is C[C@H]1CCCN(S(=O)(=O)c2ccc(C(=O)Nc3ccccc3)cc2)C1. The molecule has 132 valence electrons. The van der Waals surface area contributed by atoms with Gasteiger partial charge in [-0.3, -0.25) is 4.79 Å². The van der Waals surface area contributed by atoms with Gasteiger partial charge in [0.25, 0.3) is 5.91 Å². The molecule has 1 N–H and O–H groups in total.